The molecule has 168 valence electrons. The van der Waals surface area contributed by atoms with Crippen molar-refractivity contribution in [1.29, 1.82) is 0 Å². The second kappa shape index (κ2) is 8.40. The molecule has 6 rings (SSSR count). The molecule has 0 radical (unpaired) electrons. The lowest BCUT2D eigenvalue weighted by Gasteiger charge is -2.29. The highest BCUT2D eigenvalue weighted by molar-refractivity contribution is 7.14. The summed E-state index contributed by atoms with van der Waals surface area (Å²) in [7, 11) is 0. The van der Waals surface area contributed by atoms with Crippen molar-refractivity contribution in [1.82, 2.24) is 9.97 Å². The van der Waals surface area contributed by atoms with Crippen molar-refractivity contribution in [3.05, 3.63) is 47.8 Å². The molecule has 0 aliphatic carbocycles. The summed E-state index contributed by atoms with van der Waals surface area (Å²) in [5, 5.41) is 5.54. The monoisotopic (exact) mass is 462 g/mol. The molecule has 1 fully saturated rings. The average molecular weight is 463 g/mol. The molecule has 4 heterocycles. The maximum Gasteiger partial charge on any atom is 0.298 e. The number of carbonyl (C=O) groups is 1. The predicted molar refractivity (Wildman–Crippen MR) is 126 cm³/mol. The number of anilines is 2. The first-order valence-electron chi connectivity index (χ1n) is 11.0. The third-order valence-electron chi connectivity index (χ3n) is 5.99. The number of ether oxygens (including phenoxy) is 2. The number of carbonyl (C=O) groups excluding carboxylic acids is 1. The van der Waals surface area contributed by atoms with Crippen LogP contribution in [0.25, 0.3) is 22.4 Å². The lowest BCUT2D eigenvalue weighted by atomic mass is 9.96. The topological polar surface area (TPSA) is 89.7 Å². The van der Waals surface area contributed by atoms with Crippen LogP contribution in [0.2, 0.25) is 0 Å². The fraction of sp³-hybridized carbons (Fsp3) is 0.292. The number of rotatable bonds is 4. The summed E-state index contributed by atoms with van der Waals surface area (Å²) in [5.41, 5.74) is 3.37. The summed E-state index contributed by atoms with van der Waals surface area (Å²) in [5.74, 6) is 1.42. The smallest absolute Gasteiger partial charge is 0.298 e. The number of nitrogens with zero attached hydrogens (tertiary/aromatic N) is 3. The number of para-hydroxylation sites is 2. The summed E-state index contributed by atoms with van der Waals surface area (Å²) < 4.78 is 17.1. The Kier molecular flexibility index (Phi) is 5.10. The number of hydrogen-bond donors (Lipinski definition) is 1. The van der Waals surface area contributed by atoms with Crippen LogP contribution >= 0.6 is 11.3 Å². The SMILES string of the molecule is O=C(Nc1nc(-c2ccc3c(c2)OCCO3)cs1)C1CCN(c2nc3ccccc3o2)CC1. The maximum atomic E-state index is 12.9. The van der Waals surface area contributed by atoms with E-state index in [4.69, 9.17) is 13.9 Å². The first kappa shape index (κ1) is 20.0. The first-order chi connectivity index (χ1) is 16.2. The van der Waals surface area contributed by atoms with E-state index in [1.165, 1.54) is 11.3 Å². The van der Waals surface area contributed by atoms with Crippen LogP contribution in [0.5, 0.6) is 11.5 Å². The normalized spacial score (nSPS) is 16.2. The van der Waals surface area contributed by atoms with Gasteiger partial charge >= 0.3 is 0 Å². The van der Waals surface area contributed by atoms with Gasteiger partial charge in [-0.05, 0) is 43.2 Å². The van der Waals surface area contributed by atoms with Crippen LogP contribution in [-0.4, -0.2) is 42.2 Å². The molecule has 1 saturated heterocycles. The van der Waals surface area contributed by atoms with Crippen molar-refractivity contribution in [2.45, 2.75) is 12.8 Å². The number of aromatic nitrogens is 2. The zero-order valence-electron chi connectivity index (χ0n) is 17.8. The molecule has 0 bridgehead atoms. The number of benzene rings is 2. The molecule has 2 aliphatic rings. The van der Waals surface area contributed by atoms with Crippen LogP contribution in [0.3, 0.4) is 0 Å². The van der Waals surface area contributed by atoms with Crippen LogP contribution in [0.4, 0.5) is 11.1 Å². The van der Waals surface area contributed by atoms with E-state index in [0.717, 1.165) is 59.8 Å². The summed E-state index contributed by atoms with van der Waals surface area (Å²) in [4.78, 5) is 24.1. The number of oxazole rings is 1. The fourth-order valence-corrected chi connectivity index (χ4v) is 4.92. The van der Waals surface area contributed by atoms with Crippen molar-refractivity contribution in [2.24, 2.45) is 5.92 Å². The Labute approximate surface area is 194 Å². The molecular weight excluding hydrogens is 440 g/mol. The van der Waals surface area contributed by atoms with Gasteiger partial charge < -0.3 is 24.1 Å². The van der Waals surface area contributed by atoms with E-state index in [1.54, 1.807) is 0 Å². The lowest BCUT2D eigenvalue weighted by Crippen LogP contribution is -2.38. The number of hydrogen-bond acceptors (Lipinski definition) is 8. The minimum absolute atomic E-state index is 0.00953. The zero-order chi connectivity index (χ0) is 22.2. The molecule has 1 N–H and O–H groups in total. The number of piperidine rings is 1. The Balaban J connectivity index is 1.08. The van der Waals surface area contributed by atoms with Gasteiger partial charge in [-0.3, -0.25) is 4.79 Å². The number of amides is 1. The summed E-state index contributed by atoms with van der Waals surface area (Å²) in [6.07, 6.45) is 1.48. The zero-order valence-corrected chi connectivity index (χ0v) is 18.6. The Hall–Kier alpha value is -3.59. The van der Waals surface area contributed by atoms with Crippen LogP contribution in [0, 0.1) is 5.92 Å². The number of fused-ring (bicyclic) bond motifs is 2. The summed E-state index contributed by atoms with van der Waals surface area (Å²) in [6, 6.07) is 14.1. The highest BCUT2D eigenvalue weighted by Gasteiger charge is 2.28. The highest BCUT2D eigenvalue weighted by atomic mass is 32.1. The minimum atomic E-state index is -0.0627. The van der Waals surface area contributed by atoms with Gasteiger partial charge in [-0.2, -0.15) is 4.98 Å². The molecule has 0 saturated carbocycles. The Morgan fingerprint density at radius 3 is 2.70 bits per heavy atom. The van der Waals surface area contributed by atoms with E-state index in [2.05, 4.69) is 20.2 Å². The predicted octanol–water partition coefficient (Wildman–Crippen LogP) is 4.58. The van der Waals surface area contributed by atoms with Crippen molar-refractivity contribution in [3.8, 4) is 22.8 Å². The Bertz CT molecular complexity index is 1280. The summed E-state index contributed by atoms with van der Waals surface area (Å²) >= 11 is 1.42. The molecule has 2 aliphatic heterocycles. The van der Waals surface area contributed by atoms with Crippen LogP contribution in [-0.2, 0) is 4.79 Å². The largest absolute Gasteiger partial charge is 0.486 e. The summed E-state index contributed by atoms with van der Waals surface area (Å²) in [6.45, 7) is 2.56. The van der Waals surface area contributed by atoms with E-state index in [9.17, 15) is 4.79 Å². The lowest BCUT2D eigenvalue weighted by molar-refractivity contribution is -0.120. The van der Waals surface area contributed by atoms with Crippen LogP contribution in [0.15, 0.2) is 52.3 Å². The molecule has 33 heavy (non-hydrogen) atoms. The molecule has 2 aromatic carbocycles. The van der Waals surface area contributed by atoms with Gasteiger partial charge in [0.1, 0.15) is 18.7 Å². The molecule has 0 atom stereocenters. The third-order valence-corrected chi connectivity index (χ3v) is 6.75. The van der Waals surface area contributed by atoms with E-state index < -0.39 is 0 Å². The van der Waals surface area contributed by atoms with Gasteiger partial charge in [0.2, 0.25) is 5.91 Å². The molecule has 8 nitrogen and oxygen atoms in total. The van der Waals surface area contributed by atoms with E-state index >= 15 is 0 Å². The van der Waals surface area contributed by atoms with Gasteiger partial charge in [-0.15, -0.1) is 11.3 Å². The number of thiazole rings is 1. The number of nitrogens with one attached hydrogen (secondary N) is 1. The third kappa shape index (κ3) is 4.00. The van der Waals surface area contributed by atoms with Gasteiger partial charge in [0.25, 0.3) is 6.01 Å². The Morgan fingerprint density at radius 1 is 1.03 bits per heavy atom. The molecule has 1 amide bonds. The van der Waals surface area contributed by atoms with Gasteiger partial charge in [0.05, 0.1) is 5.69 Å². The average Bonchev–Trinajstić information content (AvgIpc) is 3.51. The van der Waals surface area contributed by atoms with E-state index in [0.29, 0.717) is 24.4 Å². The second-order valence-corrected chi connectivity index (χ2v) is 8.97. The van der Waals surface area contributed by atoms with Crippen molar-refractivity contribution in [3.63, 3.8) is 0 Å². The van der Waals surface area contributed by atoms with E-state index in [1.807, 2.05) is 47.8 Å². The molecule has 4 aromatic rings. The van der Waals surface area contributed by atoms with Gasteiger partial charge in [-0.25, -0.2) is 4.98 Å². The quantitative estimate of drug-likeness (QED) is 0.475. The first-order valence-corrected chi connectivity index (χ1v) is 11.9. The van der Waals surface area contributed by atoms with Crippen molar-refractivity contribution >= 4 is 39.5 Å². The standard InChI is InChI=1S/C24H22N4O4S/c29-22(15-7-9-28(10-8-15)24-26-17-3-1-2-4-19(17)32-24)27-23-25-18(14-33-23)16-5-6-20-21(13-16)31-12-11-30-20/h1-6,13-15H,7-12H2,(H,25,27,29). The van der Waals surface area contributed by atoms with Crippen molar-refractivity contribution < 1.29 is 18.7 Å². The molecule has 2 aromatic heterocycles. The molecule has 0 unspecified atom stereocenters. The van der Waals surface area contributed by atoms with Crippen molar-refractivity contribution in [2.75, 3.05) is 36.5 Å². The van der Waals surface area contributed by atoms with Gasteiger partial charge in [0, 0.05) is 30.0 Å². The Morgan fingerprint density at radius 2 is 1.85 bits per heavy atom. The maximum absolute atomic E-state index is 12.9. The fourth-order valence-electron chi connectivity index (χ4n) is 4.20. The molecule has 9 heteroatoms. The minimum Gasteiger partial charge on any atom is -0.486 e. The van der Waals surface area contributed by atoms with Crippen LogP contribution in [0.1, 0.15) is 12.8 Å². The van der Waals surface area contributed by atoms with E-state index in [-0.39, 0.29) is 11.8 Å². The molecule has 0 spiro atoms. The highest BCUT2D eigenvalue weighted by Crippen LogP contribution is 2.35. The van der Waals surface area contributed by atoms with Gasteiger partial charge in [-0.1, -0.05) is 12.1 Å². The van der Waals surface area contributed by atoms with Crippen LogP contribution < -0.4 is 19.7 Å². The molecular formula is C24H22N4O4S. The van der Waals surface area contributed by atoms with Gasteiger partial charge in [0.15, 0.2) is 22.2 Å². The second-order valence-electron chi connectivity index (χ2n) is 8.11.